The Hall–Kier alpha value is -1.55. The third-order valence-electron chi connectivity index (χ3n) is 3.20. The highest BCUT2D eigenvalue weighted by Crippen LogP contribution is 2.45. The number of aliphatic carboxylic acids is 1. The van der Waals surface area contributed by atoms with E-state index >= 15 is 0 Å². The third-order valence-corrected chi connectivity index (χ3v) is 3.42. The second-order valence-corrected chi connectivity index (χ2v) is 5.22. The van der Waals surface area contributed by atoms with Crippen molar-refractivity contribution in [2.24, 2.45) is 5.41 Å². The number of hydrogen-bond acceptors (Lipinski definition) is 2. The largest absolute Gasteiger partial charge is 0.481 e. The van der Waals surface area contributed by atoms with Crippen molar-refractivity contribution < 1.29 is 14.7 Å². The van der Waals surface area contributed by atoms with E-state index in [9.17, 15) is 9.59 Å². The molecule has 0 aromatic heterocycles. The molecule has 0 heterocycles. The van der Waals surface area contributed by atoms with E-state index in [-0.39, 0.29) is 12.5 Å². The van der Waals surface area contributed by atoms with Crippen molar-refractivity contribution in [2.75, 3.05) is 6.54 Å². The van der Waals surface area contributed by atoms with Gasteiger partial charge in [-0.2, -0.15) is 0 Å². The number of carboxylic acids is 1. The molecule has 4 nitrogen and oxygen atoms in total. The van der Waals surface area contributed by atoms with Gasteiger partial charge in [0.15, 0.2) is 0 Å². The van der Waals surface area contributed by atoms with Gasteiger partial charge in [0.25, 0.3) is 5.91 Å². The van der Waals surface area contributed by atoms with Crippen LogP contribution in [0.1, 0.15) is 28.8 Å². The molecule has 1 aromatic rings. The molecular formula is C13H14ClNO3. The number of carboxylic acid groups (broad SMARTS) is 1. The lowest BCUT2D eigenvalue weighted by Crippen LogP contribution is -2.34. The number of carbonyl (C=O) groups is 2. The minimum absolute atomic E-state index is 0.173. The zero-order valence-corrected chi connectivity index (χ0v) is 10.8. The summed E-state index contributed by atoms with van der Waals surface area (Å²) in [4.78, 5) is 22.9. The average molecular weight is 268 g/mol. The Balaban J connectivity index is 2.02. The normalized spacial score (nSPS) is 16.1. The topological polar surface area (TPSA) is 66.4 Å². The molecule has 1 saturated carbocycles. The Labute approximate surface area is 110 Å². The van der Waals surface area contributed by atoms with Crippen molar-refractivity contribution in [1.29, 1.82) is 0 Å². The van der Waals surface area contributed by atoms with Crippen LogP contribution in [0.3, 0.4) is 0 Å². The molecule has 0 bridgehead atoms. The molecule has 2 rings (SSSR count). The van der Waals surface area contributed by atoms with E-state index in [1.807, 2.05) is 6.92 Å². The molecular weight excluding hydrogens is 254 g/mol. The van der Waals surface area contributed by atoms with Gasteiger partial charge in [-0.15, -0.1) is 0 Å². The molecule has 5 heteroatoms. The zero-order chi connectivity index (χ0) is 13.3. The molecule has 2 N–H and O–H groups in total. The van der Waals surface area contributed by atoms with Crippen LogP contribution in [0.5, 0.6) is 0 Å². The van der Waals surface area contributed by atoms with Crippen molar-refractivity contribution in [1.82, 2.24) is 5.32 Å². The Kier molecular flexibility index (Phi) is 3.30. The van der Waals surface area contributed by atoms with E-state index in [4.69, 9.17) is 16.7 Å². The molecule has 1 fully saturated rings. The quantitative estimate of drug-likeness (QED) is 0.879. The van der Waals surface area contributed by atoms with Crippen LogP contribution in [0.4, 0.5) is 0 Å². The number of carbonyl (C=O) groups excluding carboxylic acids is 1. The fourth-order valence-electron chi connectivity index (χ4n) is 1.84. The lowest BCUT2D eigenvalue weighted by Gasteiger charge is -2.11. The highest BCUT2D eigenvalue weighted by atomic mass is 35.5. The highest BCUT2D eigenvalue weighted by Gasteiger charge is 2.50. The maximum atomic E-state index is 11.9. The standard InChI is InChI=1S/C13H14ClNO3/c1-8-4-9(6-10(14)5-8)11(16)15-7-13(2-3-13)12(17)18/h4-6H,2-3,7H2,1H3,(H,15,16)(H,17,18). The van der Waals surface area contributed by atoms with E-state index in [0.717, 1.165) is 5.56 Å². The SMILES string of the molecule is Cc1cc(Cl)cc(C(=O)NCC2(C(=O)O)CC2)c1. The molecule has 1 aliphatic rings. The van der Waals surface area contributed by atoms with Crippen molar-refractivity contribution in [3.8, 4) is 0 Å². The summed E-state index contributed by atoms with van der Waals surface area (Å²) in [5.41, 5.74) is 0.608. The zero-order valence-electron chi connectivity index (χ0n) is 10.00. The Morgan fingerprint density at radius 3 is 2.56 bits per heavy atom. The molecule has 0 saturated heterocycles. The van der Waals surface area contributed by atoms with Crippen molar-refractivity contribution >= 4 is 23.5 Å². The molecule has 0 unspecified atom stereocenters. The molecule has 1 aromatic carbocycles. The molecule has 1 aliphatic carbocycles. The maximum Gasteiger partial charge on any atom is 0.311 e. The second-order valence-electron chi connectivity index (χ2n) is 4.79. The summed E-state index contributed by atoms with van der Waals surface area (Å²) < 4.78 is 0. The monoisotopic (exact) mass is 267 g/mol. The molecule has 18 heavy (non-hydrogen) atoms. The van der Waals surface area contributed by atoms with Gasteiger partial charge in [0, 0.05) is 17.1 Å². The number of amides is 1. The summed E-state index contributed by atoms with van der Waals surface area (Å²) in [5.74, 6) is -1.13. The number of benzene rings is 1. The summed E-state index contributed by atoms with van der Waals surface area (Å²) in [5, 5.41) is 12.2. The van der Waals surface area contributed by atoms with Crippen LogP contribution >= 0.6 is 11.6 Å². The van der Waals surface area contributed by atoms with Crippen LogP contribution < -0.4 is 5.32 Å². The van der Waals surface area contributed by atoms with Gasteiger partial charge in [-0.1, -0.05) is 11.6 Å². The lowest BCUT2D eigenvalue weighted by atomic mass is 10.1. The maximum absolute atomic E-state index is 11.9. The fraction of sp³-hybridized carbons (Fsp3) is 0.385. The molecule has 1 amide bonds. The fourth-order valence-corrected chi connectivity index (χ4v) is 2.13. The van der Waals surface area contributed by atoms with Crippen molar-refractivity contribution in [3.05, 3.63) is 34.3 Å². The molecule has 0 aliphatic heterocycles. The first-order chi connectivity index (χ1) is 8.43. The molecule has 0 spiro atoms. The van der Waals surface area contributed by atoms with Gasteiger partial charge in [-0.25, -0.2) is 0 Å². The predicted octanol–water partition coefficient (Wildman–Crippen LogP) is 2.24. The minimum Gasteiger partial charge on any atom is -0.481 e. The predicted molar refractivity (Wildman–Crippen MR) is 67.8 cm³/mol. The van der Waals surface area contributed by atoms with Gasteiger partial charge in [-0.05, 0) is 43.5 Å². The Morgan fingerprint density at radius 1 is 1.39 bits per heavy atom. The van der Waals surface area contributed by atoms with Gasteiger partial charge >= 0.3 is 5.97 Å². The molecule has 96 valence electrons. The molecule has 0 radical (unpaired) electrons. The van der Waals surface area contributed by atoms with Gasteiger partial charge < -0.3 is 10.4 Å². The molecule has 0 atom stereocenters. The first-order valence-corrected chi connectivity index (χ1v) is 6.10. The number of nitrogens with one attached hydrogen (secondary N) is 1. The second kappa shape index (κ2) is 4.61. The van der Waals surface area contributed by atoms with Crippen LogP contribution in [0.15, 0.2) is 18.2 Å². The Morgan fingerprint density at radius 2 is 2.06 bits per heavy atom. The number of halogens is 1. The van der Waals surface area contributed by atoms with E-state index in [1.165, 1.54) is 0 Å². The van der Waals surface area contributed by atoms with Gasteiger partial charge in [0.2, 0.25) is 0 Å². The van der Waals surface area contributed by atoms with Crippen LogP contribution in [-0.2, 0) is 4.79 Å². The van der Waals surface area contributed by atoms with Gasteiger partial charge in [-0.3, -0.25) is 9.59 Å². The summed E-state index contributed by atoms with van der Waals surface area (Å²) in [6.07, 6.45) is 1.24. The summed E-state index contributed by atoms with van der Waals surface area (Å²) in [7, 11) is 0. The van der Waals surface area contributed by atoms with Gasteiger partial charge in [0.05, 0.1) is 5.41 Å². The highest BCUT2D eigenvalue weighted by molar-refractivity contribution is 6.31. The van der Waals surface area contributed by atoms with Crippen molar-refractivity contribution in [3.63, 3.8) is 0 Å². The number of aryl methyl sites for hydroxylation is 1. The smallest absolute Gasteiger partial charge is 0.311 e. The van der Waals surface area contributed by atoms with Crippen LogP contribution in [0.25, 0.3) is 0 Å². The first kappa shape index (κ1) is 12.9. The van der Waals surface area contributed by atoms with E-state index in [0.29, 0.717) is 23.4 Å². The third kappa shape index (κ3) is 2.64. The van der Waals surface area contributed by atoms with E-state index in [1.54, 1.807) is 18.2 Å². The van der Waals surface area contributed by atoms with E-state index < -0.39 is 11.4 Å². The lowest BCUT2D eigenvalue weighted by molar-refractivity contribution is -0.143. The first-order valence-electron chi connectivity index (χ1n) is 5.72. The minimum atomic E-state index is -0.843. The number of rotatable bonds is 4. The van der Waals surface area contributed by atoms with Crippen LogP contribution in [0, 0.1) is 12.3 Å². The Bertz CT molecular complexity index is 489. The average Bonchev–Trinajstić information content (AvgIpc) is 3.05. The summed E-state index contributed by atoms with van der Waals surface area (Å²) in [6.45, 7) is 2.02. The summed E-state index contributed by atoms with van der Waals surface area (Å²) >= 11 is 5.87. The van der Waals surface area contributed by atoms with Crippen LogP contribution in [0.2, 0.25) is 5.02 Å². The van der Waals surface area contributed by atoms with E-state index in [2.05, 4.69) is 5.32 Å². The van der Waals surface area contributed by atoms with Crippen molar-refractivity contribution in [2.45, 2.75) is 19.8 Å². The van der Waals surface area contributed by atoms with Crippen LogP contribution in [-0.4, -0.2) is 23.5 Å². The number of hydrogen-bond donors (Lipinski definition) is 2. The van der Waals surface area contributed by atoms with Gasteiger partial charge in [0.1, 0.15) is 0 Å². The summed E-state index contributed by atoms with van der Waals surface area (Å²) in [6, 6.07) is 5.06.